The summed E-state index contributed by atoms with van der Waals surface area (Å²) in [4.78, 5) is 35.1. The summed E-state index contributed by atoms with van der Waals surface area (Å²) in [5.41, 5.74) is -0.353. The molecule has 0 radical (unpaired) electrons. The van der Waals surface area contributed by atoms with Gasteiger partial charge in [0.2, 0.25) is 0 Å². The highest BCUT2D eigenvalue weighted by Gasteiger charge is 2.37. The molecule has 0 bridgehead atoms. The van der Waals surface area contributed by atoms with Crippen LogP contribution in [0.1, 0.15) is 19.8 Å². The minimum atomic E-state index is -1.07. The molecule has 1 N–H and O–H groups in total. The molecule has 1 amide bonds. The highest BCUT2D eigenvalue weighted by Crippen LogP contribution is 2.31. The van der Waals surface area contributed by atoms with E-state index in [1.165, 1.54) is 24.0 Å². The Balaban J connectivity index is 2.16. The largest absolute Gasteiger partial charge is 0.480 e. The lowest BCUT2D eigenvalue weighted by atomic mass is 10.2. The molecule has 1 heterocycles. The second-order valence-corrected chi connectivity index (χ2v) is 5.59. The molecule has 1 saturated heterocycles. The van der Waals surface area contributed by atoms with Crippen LogP contribution in [0.5, 0.6) is 5.75 Å². The summed E-state index contributed by atoms with van der Waals surface area (Å²) >= 11 is 5.72. The third-order valence-electron chi connectivity index (χ3n) is 3.59. The van der Waals surface area contributed by atoms with Gasteiger partial charge in [-0.3, -0.25) is 14.9 Å². The molecule has 1 fully saturated rings. The first-order valence-electron chi connectivity index (χ1n) is 6.95. The average molecular weight is 343 g/mol. The van der Waals surface area contributed by atoms with Crippen LogP contribution in [0.15, 0.2) is 18.2 Å². The van der Waals surface area contributed by atoms with E-state index in [1.807, 2.05) is 0 Å². The molecule has 23 heavy (non-hydrogen) atoms. The van der Waals surface area contributed by atoms with Crippen molar-refractivity contribution in [3.05, 3.63) is 33.3 Å². The molecule has 1 aliphatic rings. The van der Waals surface area contributed by atoms with Crippen molar-refractivity contribution in [1.29, 1.82) is 0 Å². The van der Waals surface area contributed by atoms with Crippen molar-refractivity contribution in [3.8, 4) is 5.75 Å². The number of nitro groups is 1. The first-order chi connectivity index (χ1) is 10.8. The van der Waals surface area contributed by atoms with E-state index in [9.17, 15) is 19.7 Å². The van der Waals surface area contributed by atoms with Gasteiger partial charge in [-0.05, 0) is 31.9 Å². The van der Waals surface area contributed by atoms with Crippen LogP contribution in [0, 0.1) is 10.1 Å². The summed E-state index contributed by atoms with van der Waals surface area (Å²) in [6.45, 7) is 1.75. The van der Waals surface area contributed by atoms with Crippen molar-refractivity contribution >= 4 is 29.2 Å². The molecule has 2 rings (SSSR count). The number of likely N-dealkylation sites (tertiary alicyclic amines) is 1. The normalized spacial score (nSPS) is 18.5. The standard InChI is InChI=1S/C14H15ClN2O6/c1-8(13(18)16-6-2-3-10(16)14(19)20)23-12-5-4-9(15)7-11(12)17(21)22/h4-5,7-8,10H,2-3,6H2,1H3,(H,19,20). The van der Waals surface area contributed by atoms with Crippen LogP contribution in [0.2, 0.25) is 5.02 Å². The van der Waals surface area contributed by atoms with E-state index in [1.54, 1.807) is 0 Å². The first-order valence-corrected chi connectivity index (χ1v) is 7.33. The van der Waals surface area contributed by atoms with Gasteiger partial charge in [0.05, 0.1) is 4.92 Å². The van der Waals surface area contributed by atoms with Gasteiger partial charge in [0.25, 0.3) is 5.91 Å². The summed E-state index contributed by atoms with van der Waals surface area (Å²) in [5, 5.41) is 20.3. The second-order valence-electron chi connectivity index (χ2n) is 5.16. The Morgan fingerprint density at radius 2 is 2.22 bits per heavy atom. The van der Waals surface area contributed by atoms with Gasteiger partial charge in [0.1, 0.15) is 6.04 Å². The van der Waals surface area contributed by atoms with Crippen LogP contribution in [0.4, 0.5) is 5.69 Å². The van der Waals surface area contributed by atoms with Crippen molar-refractivity contribution in [2.24, 2.45) is 0 Å². The second kappa shape index (κ2) is 6.82. The molecule has 1 aromatic carbocycles. The number of rotatable bonds is 5. The summed E-state index contributed by atoms with van der Waals surface area (Å²) in [7, 11) is 0. The van der Waals surface area contributed by atoms with E-state index in [0.29, 0.717) is 19.4 Å². The first kappa shape index (κ1) is 17.0. The summed E-state index contributed by atoms with van der Waals surface area (Å²) in [6, 6.07) is 2.97. The van der Waals surface area contributed by atoms with Crippen LogP contribution >= 0.6 is 11.6 Å². The highest BCUT2D eigenvalue weighted by atomic mass is 35.5. The lowest BCUT2D eigenvalue weighted by Gasteiger charge is -2.25. The van der Waals surface area contributed by atoms with Crippen molar-refractivity contribution in [2.45, 2.75) is 31.9 Å². The maximum atomic E-state index is 12.4. The zero-order valence-electron chi connectivity index (χ0n) is 12.3. The lowest BCUT2D eigenvalue weighted by molar-refractivity contribution is -0.386. The molecule has 2 unspecified atom stereocenters. The fourth-order valence-corrected chi connectivity index (χ4v) is 2.66. The average Bonchev–Trinajstić information content (AvgIpc) is 2.97. The Morgan fingerprint density at radius 1 is 1.52 bits per heavy atom. The molecule has 0 aliphatic carbocycles. The van der Waals surface area contributed by atoms with E-state index in [2.05, 4.69) is 0 Å². The minimum Gasteiger partial charge on any atom is -0.480 e. The van der Waals surface area contributed by atoms with Gasteiger partial charge in [-0.25, -0.2) is 4.79 Å². The topological polar surface area (TPSA) is 110 Å². The minimum absolute atomic E-state index is 0.0914. The van der Waals surface area contributed by atoms with Crippen molar-refractivity contribution in [3.63, 3.8) is 0 Å². The number of benzene rings is 1. The van der Waals surface area contributed by atoms with Gasteiger partial charge in [-0.15, -0.1) is 0 Å². The molecule has 1 aliphatic heterocycles. The molecule has 0 saturated carbocycles. The third-order valence-corrected chi connectivity index (χ3v) is 3.83. The predicted molar refractivity (Wildman–Crippen MR) is 80.6 cm³/mol. The number of carboxylic acids is 1. The maximum Gasteiger partial charge on any atom is 0.326 e. The van der Waals surface area contributed by atoms with Crippen LogP contribution < -0.4 is 4.74 Å². The number of nitro benzene ring substituents is 1. The van der Waals surface area contributed by atoms with Crippen LogP contribution in [-0.4, -0.2) is 45.5 Å². The van der Waals surface area contributed by atoms with Gasteiger partial charge in [0.15, 0.2) is 11.9 Å². The van der Waals surface area contributed by atoms with Gasteiger partial charge in [-0.1, -0.05) is 11.6 Å². The van der Waals surface area contributed by atoms with E-state index < -0.39 is 28.9 Å². The smallest absolute Gasteiger partial charge is 0.326 e. The molecule has 8 nitrogen and oxygen atoms in total. The third kappa shape index (κ3) is 3.70. The zero-order chi connectivity index (χ0) is 17.1. The Labute approximate surface area is 136 Å². The van der Waals surface area contributed by atoms with E-state index in [4.69, 9.17) is 21.4 Å². The Bertz CT molecular complexity index is 650. The molecule has 0 spiro atoms. The van der Waals surface area contributed by atoms with Crippen molar-refractivity contribution in [2.75, 3.05) is 6.54 Å². The number of ether oxygens (including phenoxy) is 1. The molecule has 9 heteroatoms. The Morgan fingerprint density at radius 3 is 2.83 bits per heavy atom. The fourth-order valence-electron chi connectivity index (χ4n) is 2.49. The Kier molecular flexibility index (Phi) is 5.05. The number of aliphatic carboxylic acids is 1. The number of carboxylic acid groups (broad SMARTS) is 1. The number of carbonyl (C=O) groups is 2. The quantitative estimate of drug-likeness (QED) is 0.648. The molecular formula is C14H15ClN2O6. The van der Waals surface area contributed by atoms with Crippen molar-refractivity contribution in [1.82, 2.24) is 4.90 Å². The van der Waals surface area contributed by atoms with Crippen molar-refractivity contribution < 1.29 is 24.4 Å². The number of carbonyl (C=O) groups excluding carboxylic acids is 1. The van der Waals surface area contributed by atoms with Gasteiger partial charge < -0.3 is 14.7 Å². The SMILES string of the molecule is CC(Oc1ccc(Cl)cc1[N+](=O)[O-])C(=O)N1CCCC1C(=O)O. The van der Waals surface area contributed by atoms with E-state index in [0.717, 1.165) is 6.07 Å². The fraction of sp³-hybridized carbons (Fsp3) is 0.429. The molecule has 1 aromatic rings. The van der Waals surface area contributed by atoms with Crippen LogP contribution in [0.25, 0.3) is 0 Å². The lowest BCUT2D eigenvalue weighted by Crippen LogP contribution is -2.46. The molecular weight excluding hydrogens is 328 g/mol. The number of nitrogens with zero attached hydrogens (tertiary/aromatic N) is 2. The highest BCUT2D eigenvalue weighted by molar-refractivity contribution is 6.30. The zero-order valence-corrected chi connectivity index (χ0v) is 13.0. The predicted octanol–water partition coefficient (Wildman–Crippen LogP) is 2.09. The van der Waals surface area contributed by atoms with Gasteiger partial charge in [-0.2, -0.15) is 0 Å². The van der Waals surface area contributed by atoms with Crippen LogP contribution in [-0.2, 0) is 9.59 Å². The number of hydrogen-bond donors (Lipinski definition) is 1. The number of amides is 1. The monoisotopic (exact) mass is 342 g/mol. The van der Waals surface area contributed by atoms with Crippen LogP contribution in [0.3, 0.4) is 0 Å². The van der Waals surface area contributed by atoms with Gasteiger partial charge >= 0.3 is 11.7 Å². The maximum absolute atomic E-state index is 12.4. The number of hydrogen-bond acceptors (Lipinski definition) is 5. The number of halogens is 1. The summed E-state index contributed by atoms with van der Waals surface area (Å²) in [5.74, 6) is -1.68. The van der Waals surface area contributed by atoms with E-state index >= 15 is 0 Å². The van der Waals surface area contributed by atoms with E-state index in [-0.39, 0.29) is 16.5 Å². The summed E-state index contributed by atoms with van der Waals surface area (Å²) in [6.07, 6.45) is -0.0689. The molecule has 2 atom stereocenters. The molecule has 0 aromatic heterocycles. The van der Waals surface area contributed by atoms with Gasteiger partial charge in [0, 0.05) is 17.6 Å². The molecule has 124 valence electrons. The summed E-state index contributed by atoms with van der Waals surface area (Å²) < 4.78 is 5.38. The Hall–Kier alpha value is -2.35.